The largest absolute Gasteiger partial charge is 0.399 e. The van der Waals surface area contributed by atoms with Crippen LogP contribution in [0.25, 0.3) is 0 Å². The van der Waals surface area contributed by atoms with Crippen LogP contribution < -0.4 is 11.1 Å². The number of carbonyl (C=O) groups excluding carboxylic acids is 1. The van der Waals surface area contributed by atoms with Gasteiger partial charge in [0, 0.05) is 24.5 Å². The van der Waals surface area contributed by atoms with E-state index in [-0.39, 0.29) is 5.91 Å². The summed E-state index contributed by atoms with van der Waals surface area (Å²) in [5.74, 6) is -0.0794. The summed E-state index contributed by atoms with van der Waals surface area (Å²) < 4.78 is 0. The third kappa shape index (κ3) is 4.84. The molecule has 0 aromatic heterocycles. The molecule has 1 rings (SSSR count). The number of nitrogen functional groups attached to an aromatic ring is 1. The van der Waals surface area contributed by atoms with E-state index in [2.05, 4.69) is 18.5 Å². The van der Waals surface area contributed by atoms with Crippen LogP contribution in [-0.2, 0) is 4.79 Å². The van der Waals surface area contributed by atoms with Gasteiger partial charge in [0.05, 0.1) is 6.54 Å². The second kappa shape index (κ2) is 7.29. The summed E-state index contributed by atoms with van der Waals surface area (Å²) >= 11 is 0. The number of hydrogen-bond acceptors (Lipinski definition) is 3. The molecule has 0 unspecified atom stereocenters. The Balaban J connectivity index is 2.54. The van der Waals surface area contributed by atoms with Crippen LogP contribution in [0.4, 0.5) is 11.4 Å². The van der Waals surface area contributed by atoms with Crippen molar-refractivity contribution in [1.29, 1.82) is 0 Å². The Labute approximate surface area is 108 Å². The zero-order valence-corrected chi connectivity index (χ0v) is 10.4. The molecule has 4 heteroatoms. The molecule has 96 valence electrons. The molecular formula is C14H19N3O. The number of hydrogen-bond donors (Lipinski definition) is 2. The normalized spacial score (nSPS) is 10.1. The quantitative estimate of drug-likeness (QED) is 0.569. The van der Waals surface area contributed by atoms with Gasteiger partial charge in [-0.3, -0.25) is 9.69 Å². The summed E-state index contributed by atoms with van der Waals surface area (Å²) in [6.07, 6.45) is 3.52. The molecule has 0 fully saturated rings. The van der Waals surface area contributed by atoms with Crippen molar-refractivity contribution >= 4 is 17.3 Å². The first-order chi connectivity index (χ1) is 8.65. The van der Waals surface area contributed by atoms with Crippen LogP contribution in [-0.4, -0.2) is 30.4 Å². The average molecular weight is 245 g/mol. The van der Waals surface area contributed by atoms with E-state index in [9.17, 15) is 4.79 Å². The SMILES string of the molecule is C=CCN(CC=C)CC(=O)Nc1cccc(N)c1. The van der Waals surface area contributed by atoms with Crippen molar-refractivity contribution in [1.82, 2.24) is 4.90 Å². The van der Waals surface area contributed by atoms with E-state index in [0.29, 0.717) is 31.0 Å². The minimum atomic E-state index is -0.0794. The van der Waals surface area contributed by atoms with E-state index >= 15 is 0 Å². The monoisotopic (exact) mass is 245 g/mol. The average Bonchev–Trinajstić information content (AvgIpc) is 2.29. The van der Waals surface area contributed by atoms with Crippen molar-refractivity contribution in [3.8, 4) is 0 Å². The second-order valence-electron chi connectivity index (χ2n) is 3.95. The standard InChI is InChI=1S/C14H19N3O/c1-3-8-17(9-4-2)11-14(18)16-13-7-5-6-12(15)10-13/h3-7,10H,1-2,8-9,11,15H2,(H,16,18). The molecule has 0 saturated carbocycles. The van der Waals surface area contributed by atoms with Crippen molar-refractivity contribution in [2.24, 2.45) is 0 Å². The highest BCUT2D eigenvalue weighted by atomic mass is 16.2. The third-order valence-corrected chi connectivity index (χ3v) is 2.31. The summed E-state index contributed by atoms with van der Waals surface area (Å²) in [6.45, 7) is 8.92. The number of nitrogens with one attached hydrogen (secondary N) is 1. The second-order valence-corrected chi connectivity index (χ2v) is 3.95. The highest BCUT2D eigenvalue weighted by molar-refractivity contribution is 5.92. The minimum absolute atomic E-state index is 0.0794. The lowest BCUT2D eigenvalue weighted by molar-refractivity contribution is -0.117. The fourth-order valence-corrected chi connectivity index (χ4v) is 1.59. The Bertz CT molecular complexity index is 419. The van der Waals surface area contributed by atoms with E-state index in [4.69, 9.17) is 5.73 Å². The van der Waals surface area contributed by atoms with Gasteiger partial charge >= 0.3 is 0 Å². The van der Waals surface area contributed by atoms with Gasteiger partial charge in [-0.15, -0.1) is 13.2 Å². The number of nitrogens with two attached hydrogens (primary N) is 1. The fraction of sp³-hybridized carbons (Fsp3) is 0.214. The number of anilines is 2. The van der Waals surface area contributed by atoms with Crippen molar-refractivity contribution < 1.29 is 4.79 Å². The van der Waals surface area contributed by atoms with Gasteiger partial charge in [-0.2, -0.15) is 0 Å². The van der Waals surface area contributed by atoms with Crippen molar-refractivity contribution in [2.75, 3.05) is 30.7 Å². The molecule has 0 saturated heterocycles. The maximum atomic E-state index is 11.8. The molecule has 1 amide bonds. The molecule has 0 aliphatic carbocycles. The lowest BCUT2D eigenvalue weighted by Gasteiger charge is -2.18. The molecule has 4 nitrogen and oxygen atoms in total. The van der Waals surface area contributed by atoms with Gasteiger partial charge in [0.25, 0.3) is 0 Å². The smallest absolute Gasteiger partial charge is 0.238 e. The first kappa shape index (κ1) is 14.0. The maximum Gasteiger partial charge on any atom is 0.238 e. The van der Waals surface area contributed by atoms with Gasteiger partial charge in [-0.1, -0.05) is 18.2 Å². The molecule has 0 radical (unpaired) electrons. The van der Waals surface area contributed by atoms with Crippen LogP contribution in [0.3, 0.4) is 0 Å². The molecule has 1 aromatic rings. The molecule has 18 heavy (non-hydrogen) atoms. The van der Waals surface area contributed by atoms with Crippen LogP contribution in [0.5, 0.6) is 0 Å². The van der Waals surface area contributed by atoms with E-state index in [1.54, 1.807) is 36.4 Å². The van der Waals surface area contributed by atoms with Crippen LogP contribution >= 0.6 is 0 Å². The van der Waals surface area contributed by atoms with Crippen molar-refractivity contribution in [3.05, 3.63) is 49.6 Å². The van der Waals surface area contributed by atoms with Gasteiger partial charge < -0.3 is 11.1 Å². The zero-order chi connectivity index (χ0) is 13.4. The van der Waals surface area contributed by atoms with Crippen LogP contribution in [0.15, 0.2) is 49.6 Å². The molecule has 0 atom stereocenters. The predicted molar refractivity (Wildman–Crippen MR) is 76.3 cm³/mol. The number of amides is 1. The Morgan fingerprint density at radius 3 is 2.56 bits per heavy atom. The van der Waals surface area contributed by atoms with Crippen molar-refractivity contribution in [3.63, 3.8) is 0 Å². The molecule has 0 bridgehead atoms. The fourth-order valence-electron chi connectivity index (χ4n) is 1.59. The predicted octanol–water partition coefficient (Wildman–Crippen LogP) is 1.88. The molecule has 0 aliphatic heterocycles. The molecule has 0 spiro atoms. The topological polar surface area (TPSA) is 58.4 Å². The number of benzene rings is 1. The van der Waals surface area contributed by atoms with Crippen LogP contribution in [0, 0.1) is 0 Å². The number of nitrogens with zero attached hydrogens (tertiary/aromatic N) is 1. The molecule has 0 heterocycles. The van der Waals surface area contributed by atoms with E-state index in [1.807, 2.05) is 4.90 Å². The summed E-state index contributed by atoms with van der Waals surface area (Å²) in [7, 11) is 0. The molecule has 1 aromatic carbocycles. The molecule has 0 aliphatic rings. The van der Waals surface area contributed by atoms with Gasteiger partial charge in [-0.25, -0.2) is 0 Å². The number of carbonyl (C=O) groups is 1. The number of rotatable bonds is 7. The Kier molecular flexibility index (Phi) is 5.67. The Morgan fingerprint density at radius 2 is 2.00 bits per heavy atom. The Morgan fingerprint density at radius 1 is 1.33 bits per heavy atom. The zero-order valence-electron chi connectivity index (χ0n) is 10.4. The summed E-state index contributed by atoms with van der Waals surface area (Å²) in [5, 5.41) is 2.80. The summed E-state index contributed by atoms with van der Waals surface area (Å²) in [6, 6.07) is 7.11. The van der Waals surface area contributed by atoms with E-state index in [1.165, 1.54) is 0 Å². The van der Waals surface area contributed by atoms with Gasteiger partial charge in [0.15, 0.2) is 0 Å². The maximum absolute atomic E-state index is 11.8. The van der Waals surface area contributed by atoms with E-state index in [0.717, 1.165) is 0 Å². The minimum Gasteiger partial charge on any atom is -0.399 e. The highest BCUT2D eigenvalue weighted by Gasteiger charge is 2.08. The first-order valence-corrected chi connectivity index (χ1v) is 5.75. The van der Waals surface area contributed by atoms with Gasteiger partial charge in [0.1, 0.15) is 0 Å². The molecule has 3 N–H and O–H groups in total. The highest BCUT2D eigenvalue weighted by Crippen LogP contribution is 2.11. The molecular weight excluding hydrogens is 226 g/mol. The third-order valence-electron chi connectivity index (χ3n) is 2.31. The van der Waals surface area contributed by atoms with E-state index < -0.39 is 0 Å². The first-order valence-electron chi connectivity index (χ1n) is 5.75. The lowest BCUT2D eigenvalue weighted by Crippen LogP contribution is -2.33. The van der Waals surface area contributed by atoms with Crippen molar-refractivity contribution in [2.45, 2.75) is 0 Å². The lowest BCUT2D eigenvalue weighted by atomic mass is 10.3. The summed E-state index contributed by atoms with van der Waals surface area (Å²) in [4.78, 5) is 13.8. The van der Waals surface area contributed by atoms with Gasteiger partial charge in [0.2, 0.25) is 5.91 Å². The van der Waals surface area contributed by atoms with Crippen LogP contribution in [0.1, 0.15) is 0 Å². The van der Waals surface area contributed by atoms with Gasteiger partial charge in [-0.05, 0) is 18.2 Å². The summed E-state index contributed by atoms with van der Waals surface area (Å²) in [5.41, 5.74) is 6.98. The van der Waals surface area contributed by atoms with Crippen LogP contribution in [0.2, 0.25) is 0 Å². The Hall–Kier alpha value is -2.07.